The number of rotatable bonds is 5. The monoisotopic (exact) mass is 465 g/mol. The summed E-state index contributed by atoms with van der Waals surface area (Å²) in [6.07, 6.45) is 0. The van der Waals surface area contributed by atoms with Crippen LogP contribution in [0.5, 0.6) is 17.2 Å². The first-order valence-electron chi connectivity index (χ1n) is 11.4. The van der Waals surface area contributed by atoms with Gasteiger partial charge in [0.1, 0.15) is 11.2 Å². The van der Waals surface area contributed by atoms with Gasteiger partial charge in [0.2, 0.25) is 12.7 Å². The number of benzene rings is 4. The van der Waals surface area contributed by atoms with E-state index in [2.05, 4.69) is 0 Å². The van der Waals surface area contributed by atoms with E-state index in [0.29, 0.717) is 22.7 Å². The van der Waals surface area contributed by atoms with Crippen LogP contribution in [0.15, 0.2) is 97.1 Å². The second-order valence-corrected chi connectivity index (χ2v) is 8.70. The zero-order chi connectivity index (χ0) is 24.0. The fraction of sp³-hybridized carbons (Fsp3) is 0.138. The minimum absolute atomic E-state index is 0.0328. The third kappa shape index (κ3) is 3.11. The van der Waals surface area contributed by atoms with Crippen LogP contribution in [0, 0.1) is 0 Å². The van der Waals surface area contributed by atoms with Crippen LogP contribution in [0.2, 0.25) is 0 Å². The first-order chi connectivity index (χ1) is 17.1. The van der Waals surface area contributed by atoms with E-state index in [1.807, 2.05) is 84.9 Å². The molecule has 0 unspecified atom stereocenters. The molecule has 6 nitrogen and oxygen atoms in total. The zero-order valence-corrected chi connectivity index (χ0v) is 18.8. The number of phenols is 1. The van der Waals surface area contributed by atoms with E-state index in [1.54, 1.807) is 11.0 Å². The van der Waals surface area contributed by atoms with Crippen molar-refractivity contribution in [2.75, 3.05) is 18.3 Å². The number of para-hydroxylation sites is 1. The SMILES string of the molecule is O=C1N(C(c2ccccc2)c2ccccc2)c2ccccc2[C@@]1(CO)c1cc2c(cc1O)OCO2. The van der Waals surface area contributed by atoms with E-state index in [4.69, 9.17) is 9.47 Å². The summed E-state index contributed by atoms with van der Waals surface area (Å²) in [4.78, 5) is 16.3. The molecule has 1 amide bonds. The molecule has 6 heteroatoms. The van der Waals surface area contributed by atoms with Gasteiger partial charge in [-0.2, -0.15) is 0 Å². The number of amides is 1. The molecule has 0 radical (unpaired) electrons. The summed E-state index contributed by atoms with van der Waals surface area (Å²) in [7, 11) is 0. The van der Waals surface area contributed by atoms with Crippen LogP contribution in [-0.2, 0) is 10.2 Å². The number of aliphatic hydroxyl groups is 1. The molecule has 0 saturated carbocycles. The van der Waals surface area contributed by atoms with E-state index in [0.717, 1.165) is 11.1 Å². The Morgan fingerprint density at radius 3 is 2.00 bits per heavy atom. The number of anilines is 1. The number of aliphatic hydroxyl groups excluding tert-OH is 1. The predicted octanol–water partition coefficient (Wildman–Crippen LogP) is 4.54. The van der Waals surface area contributed by atoms with Crippen molar-refractivity contribution in [1.29, 1.82) is 0 Å². The molecule has 6 rings (SSSR count). The van der Waals surface area contributed by atoms with Gasteiger partial charge >= 0.3 is 0 Å². The Labute approximate surface area is 202 Å². The number of nitrogens with zero attached hydrogens (tertiary/aromatic N) is 1. The van der Waals surface area contributed by atoms with Crippen molar-refractivity contribution in [2.24, 2.45) is 0 Å². The molecule has 0 bridgehead atoms. The molecular formula is C29H23NO5. The van der Waals surface area contributed by atoms with Crippen LogP contribution in [0.1, 0.15) is 28.3 Å². The highest BCUT2D eigenvalue weighted by Gasteiger charge is 2.55. The van der Waals surface area contributed by atoms with Crippen molar-refractivity contribution >= 4 is 11.6 Å². The number of carbonyl (C=O) groups is 1. The lowest BCUT2D eigenvalue weighted by molar-refractivity contribution is -0.123. The Morgan fingerprint density at radius 2 is 1.37 bits per heavy atom. The average Bonchev–Trinajstić information content (AvgIpc) is 3.45. The second kappa shape index (κ2) is 8.18. The highest BCUT2D eigenvalue weighted by atomic mass is 16.7. The molecule has 0 fully saturated rings. The molecular weight excluding hydrogens is 442 g/mol. The summed E-state index contributed by atoms with van der Waals surface area (Å²) in [5.74, 6) is 0.371. The van der Waals surface area contributed by atoms with Crippen LogP contribution in [-0.4, -0.2) is 29.5 Å². The summed E-state index contributed by atoms with van der Waals surface area (Å²) in [5.41, 5.74) is 1.95. The minimum Gasteiger partial charge on any atom is -0.507 e. The molecule has 2 aliphatic heterocycles. The molecule has 0 aromatic heterocycles. The third-order valence-electron chi connectivity index (χ3n) is 6.88. The van der Waals surface area contributed by atoms with Crippen molar-refractivity contribution < 1.29 is 24.5 Å². The number of ether oxygens (including phenoxy) is 2. The van der Waals surface area contributed by atoms with Gasteiger partial charge in [-0.1, -0.05) is 78.9 Å². The molecule has 4 aromatic rings. The van der Waals surface area contributed by atoms with Crippen LogP contribution in [0.25, 0.3) is 0 Å². The molecule has 0 spiro atoms. The number of phenolic OH excluding ortho intramolecular Hbond substituents is 1. The molecule has 2 aliphatic rings. The number of hydrogen-bond acceptors (Lipinski definition) is 5. The van der Waals surface area contributed by atoms with Gasteiger partial charge < -0.3 is 19.7 Å². The van der Waals surface area contributed by atoms with Crippen LogP contribution in [0.4, 0.5) is 5.69 Å². The van der Waals surface area contributed by atoms with Crippen molar-refractivity contribution in [3.05, 3.63) is 119 Å². The van der Waals surface area contributed by atoms with E-state index >= 15 is 0 Å². The summed E-state index contributed by atoms with van der Waals surface area (Å²) < 4.78 is 10.9. The van der Waals surface area contributed by atoms with E-state index in [1.165, 1.54) is 6.07 Å². The van der Waals surface area contributed by atoms with Crippen molar-refractivity contribution in [3.8, 4) is 17.2 Å². The number of hydrogen-bond donors (Lipinski definition) is 2. The van der Waals surface area contributed by atoms with Gasteiger partial charge in [-0.25, -0.2) is 0 Å². The standard InChI is InChI=1S/C29H23NO5/c31-17-29(22-15-25-26(16-24(22)32)35-18-34-25)21-13-7-8-14-23(21)30(28(29)33)27(19-9-3-1-4-10-19)20-11-5-2-6-12-20/h1-16,27,31-32H,17-18H2/t29-/m0/s1. The minimum atomic E-state index is -1.51. The van der Waals surface area contributed by atoms with Crippen molar-refractivity contribution in [1.82, 2.24) is 0 Å². The zero-order valence-electron chi connectivity index (χ0n) is 18.8. The lowest BCUT2D eigenvalue weighted by Crippen LogP contribution is -2.45. The second-order valence-electron chi connectivity index (χ2n) is 8.70. The molecule has 35 heavy (non-hydrogen) atoms. The maximum atomic E-state index is 14.5. The highest BCUT2D eigenvalue weighted by Crippen LogP contribution is 2.53. The number of fused-ring (bicyclic) bond motifs is 2. The van der Waals surface area contributed by atoms with Crippen LogP contribution < -0.4 is 14.4 Å². The predicted molar refractivity (Wildman–Crippen MR) is 131 cm³/mol. The lowest BCUT2D eigenvalue weighted by atomic mass is 9.75. The maximum absolute atomic E-state index is 14.5. The van der Waals surface area contributed by atoms with E-state index in [9.17, 15) is 15.0 Å². The fourth-order valence-corrected chi connectivity index (χ4v) is 5.26. The Balaban J connectivity index is 1.60. The average molecular weight is 466 g/mol. The summed E-state index contributed by atoms with van der Waals surface area (Å²) >= 11 is 0. The van der Waals surface area contributed by atoms with Crippen LogP contribution in [0.3, 0.4) is 0 Å². The summed E-state index contributed by atoms with van der Waals surface area (Å²) in [5, 5.41) is 21.9. The number of aromatic hydroxyl groups is 1. The van der Waals surface area contributed by atoms with Gasteiger partial charge in [0, 0.05) is 17.3 Å². The summed E-state index contributed by atoms with van der Waals surface area (Å²) in [6, 6.07) is 29.7. The Hall–Kier alpha value is -4.29. The lowest BCUT2D eigenvalue weighted by Gasteiger charge is -2.33. The molecule has 0 aliphatic carbocycles. The molecule has 174 valence electrons. The molecule has 2 N–H and O–H groups in total. The Kier molecular flexibility index (Phi) is 4.97. The van der Waals surface area contributed by atoms with Crippen LogP contribution >= 0.6 is 0 Å². The largest absolute Gasteiger partial charge is 0.507 e. The fourth-order valence-electron chi connectivity index (χ4n) is 5.26. The topological polar surface area (TPSA) is 79.2 Å². The quantitative estimate of drug-likeness (QED) is 0.453. The van der Waals surface area contributed by atoms with E-state index < -0.39 is 18.1 Å². The van der Waals surface area contributed by atoms with E-state index in [-0.39, 0.29) is 24.0 Å². The molecule has 2 heterocycles. The smallest absolute Gasteiger partial charge is 0.245 e. The van der Waals surface area contributed by atoms with Gasteiger partial charge in [0.05, 0.1) is 12.6 Å². The van der Waals surface area contributed by atoms with Gasteiger partial charge in [0.15, 0.2) is 11.5 Å². The van der Waals surface area contributed by atoms with Gasteiger partial charge in [-0.3, -0.25) is 9.69 Å². The van der Waals surface area contributed by atoms with Gasteiger partial charge in [-0.15, -0.1) is 0 Å². The van der Waals surface area contributed by atoms with Crippen molar-refractivity contribution in [2.45, 2.75) is 11.5 Å². The molecule has 4 aromatic carbocycles. The summed E-state index contributed by atoms with van der Waals surface area (Å²) in [6.45, 7) is -0.492. The van der Waals surface area contributed by atoms with Gasteiger partial charge in [0.25, 0.3) is 0 Å². The first-order valence-corrected chi connectivity index (χ1v) is 11.4. The van der Waals surface area contributed by atoms with Gasteiger partial charge in [-0.05, 0) is 28.8 Å². The number of carbonyl (C=O) groups excluding carboxylic acids is 1. The molecule has 1 atom stereocenters. The Morgan fingerprint density at radius 1 is 0.800 bits per heavy atom. The maximum Gasteiger partial charge on any atom is 0.245 e. The first kappa shape index (κ1) is 21.3. The van der Waals surface area contributed by atoms with Crippen molar-refractivity contribution in [3.63, 3.8) is 0 Å². The normalized spacial score (nSPS) is 18.2. The Bertz CT molecular complexity index is 1370. The highest BCUT2D eigenvalue weighted by molar-refractivity contribution is 6.12. The molecule has 0 saturated heterocycles. The third-order valence-corrected chi connectivity index (χ3v) is 6.88.